The van der Waals surface area contributed by atoms with Crippen LogP contribution in [-0.2, 0) is 10.8 Å². The third-order valence-electron chi connectivity index (χ3n) is 18.2. The lowest BCUT2D eigenvalue weighted by Crippen LogP contribution is -2.54. The molecule has 2 aliphatic carbocycles. The van der Waals surface area contributed by atoms with E-state index in [9.17, 15) is 0 Å². The van der Waals surface area contributed by atoms with Crippen LogP contribution in [0.4, 0.5) is 22.7 Å². The first-order valence-electron chi connectivity index (χ1n) is 23.6. The number of hydrogen-bond donors (Lipinski definition) is 0. The van der Waals surface area contributed by atoms with E-state index >= 15 is 0 Å². The van der Waals surface area contributed by atoms with Gasteiger partial charge in [-0.3, -0.25) is 0 Å². The number of rotatable bonds is 4. The van der Waals surface area contributed by atoms with Crippen molar-refractivity contribution in [2.24, 2.45) is 0 Å². The first kappa shape index (κ1) is 38.1. The normalized spacial score (nSPS) is 25.4. The molecule has 2 aliphatic heterocycles. The van der Waals surface area contributed by atoms with Crippen molar-refractivity contribution in [2.75, 3.05) is 9.80 Å². The predicted octanol–water partition coefficient (Wildman–Crippen LogP) is 16.6. The highest BCUT2D eigenvalue weighted by Gasteiger charge is 2.59. The molecule has 0 aromatic heterocycles. The van der Waals surface area contributed by atoms with Gasteiger partial charge >= 0.3 is 0 Å². The Morgan fingerprint density at radius 3 is 1.16 bits per heavy atom. The van der Waals surface area contributed by atoms with Gasteiger partial charge < -0.3 is 9.80 Å². The monoisotopic (exact) mass is 808 g/mol. The Balaban J connectivity index is 1.06. The van der Waals surface area contributed by atoms with E-state index in [0.29, 0.717) is 0 Å². The van der Waals surface area contributed by atoms with Crippen molar-refractivity contribution >= 4 is 55.1 Å². The summed E-state index contributed by atoms with van der Waals surface area (Å²) in [5.41, 5.74) is 19.9. The average Bonchev–Trinajstić information content (AvgIpc) is 3.63. The molecule has 8 aromatic rings. The van der Waals surface area contributed by atoms with Crippen LogP contribution in [0.5, 0.6) is 0 Å². The van der Waals surface area contributed by atoms with E-state index in [0.717, 1.165) is 0 Å². The Bertz CT molecular complexity index is 2930. The molecule has 0 bridgehead atoms. The van der Waals surface area contributed by atoms with Crippen molar-refractivity contribution in [3.8, 4) is 22.3 Å². The molecule has 2 heterocycles. The van der Waals surface area contributed by atoms with E-state index < -0.39 is 0 Å². The van der Waals surface area contributed by atoms with Crippen LogP contribution in [0, 0.1) is 27.7 Å². The van der Waals surface area contributed by atoms with Crippen LogP contribution in [0.1, 0.15) is 112 Å². The molecular weight excluding hydrogens is 749 g/mol. The van der Waals surface area contributed by atoms with Crippen molar-refractivity contribution in [2.45, 2.75) is 129 Å². The van der Waals surface area contributed by atoms with Crippen molar-refractivity contribution in [3.63, 3.8) is 0 Å². The van der Waals surface area contributed by atoms with Gasteiger partial charge in [-0.15, -0.1) is 0 Å². The summed E-state index contributed by atoms with van der Waals surface area (Å²) in [5.74, 6) is 0. The fraction of sp³-hybridized carbons (Fsp3) is 0.333. The first-order valence-corrected chi connectivity index (χ1v) is 23.6. The van der Waals surface area contributed by atoms with Crippen molar-refractivity contribution < 1.29 is 0 Å². The molecule has 2 heteroatoms. The van der Waals surface area contributed by atoms with Gasteiger partial charge in [-0.1, -0.05) is 124 Å². The van der Waals surface area contributed by atoms with Crippen LogP contribution >= 0.6 is 0 Å². The summed E-state index contributed by atoms with van der Waals surface area (Å²) >= 11 is 0. The molecule has 12 rings (SSSR count). The van der Waals surface area contributed by atoms with Crippen LogP contribution in [0.25, 0.3) is 54.6 Å². The number of nitrogens with zero attached hydrogens (tertiary/aromatic N) is 2. The summed E-state index contributed by atoms with van der Waals surface area (Å²) in [5, 5.41) is 8.16. The standard InChI is InChI=1S/C60H60N2/c1-37-39(3)55-51(57(5)31-15-17-33-59(57,7)61(55)43-19-11-9-12-20-43)35-49(37)45-27-23-41-26-30-48-46(28-24-42-25-29-47(45)53(41)54(42)48)50-36-52-56(40(4)38(50)2)62(44-21-13-10-14-22-44)60(8)34-18-16-32-58(52,60)6/h9-14,19-30,35-36H,15-18,31-34H2,1-8H3. The number of para-hydroxylation sites is 2. The lowest BCUT2D eigenvalue weighted by molar-refractivity contribution is 0.195. The second-order valence-electron chi connectivity index (χ2n) is 20.8. The summed E-state index contributed by atoms with van der Waals surface area (Å²) < 4.78 is 0. The van der Waals surface area contributed by atoms with Crippen LogP contribution in [0.2, 0.25) is 0 Å². The molecule has 4 unspecified atom stereocenters. The molecule has 8 aromatic carbocycles. The minimum absolute atomic E-state index is 0.0186. The highest BCUT2D eigenvalue weighted by atomic mass is 15.3. The van der Waals surface area contributed by atoms with E-state index in [1.54, 1.807) is 0 Å². The van der Waals surface area contributed by atoms with E-state index in [2.05, 4.69) is 187 Å². The van der Waals surface area contributed by atoms with Gasteiger partial charge in [0.05, 0.1) is 11.1 Å². The van der Waals surface area contributed by atoms with Gasteiger partial charge in [0.2, 0.25) is 0 Å². The number of benzene rings is 8. The van der Waals surface area contributed by atoms with E-state index in [4.69, 9.17) is 0 Å². The van der Waals surface area contributed by atoms with Crippen molar-refractivity contribution in [1.82, 2.24) is 0 Å². The Labute approximate surface area is 368 Å². The molecule has 0 amide bonds. The summed E-state index contributed by atoms with van der Waals surface area (Å²) in [4.78, 5) is 5.49. The Kier molecular flexibility index (Phi) is 7.98. The van der Waals surface area contributed by atoms with Gasteiger partial charge in [0, 0.05) is 33.6 Å². The SMILES string of the molecule is Cc1c(-c2ccc3ccc4c(-c5cc6c(c(C)c5C)N(c5ccccc5)C5(C)CCCCC65C)ccc5ccc2c3c54)cc2c(c1C)N(c1ccccc1)C1(C)CCCCC21C. The molecule has 0 N–H and O–H groups in total. The summed E-state index contributed by atoms with van der Waals surface area (Å²) in [6.07, 6.45) is 9.96. The maximum Gasteiger partial charge on any atom is 0.0518 e. The minimum Gasteiger partial charge on any atom is -0.334 e. The minimum atomic E-state index is 0.0186. The fourth-order valence-corrected chi connectivity index (χ4v) is 14.1. The number of anilines is 4. The van der Waals surface area contributed by atoms with Crippen molar-refractivity contribution in [3.05, 3.63) is 155 Å². The van der Waals surface area contributed by atoms with Crippen LogP contribution in [0.15, 0.2) is 121 Å². The molecule has 2 fully saturated rings. The highest BCUT2D eigenvalue weighted by Crippen LogP contribution is 2.64. The maximum absolute atomic E-state index is 2.75. The Morgan fingerprint density at radius 1 is 0.387 bits per heavy atom. The van der Waals surface area contributed by atoms with Gasteiger partial charge in [-0.2, -0.15) is 0 Å². The molecule has 2 nitrogen and oxygen atoms in total. The van der Waals surface area contributed by atoms with Gasteiger partial charge in [0.15, 0.2) is 0 Å². The molecule has 2 saturated carbocycles. The molecule has 0 spiro atoms. The van der Waals surface area contributed by atoms with Gasteiger partial charge in [0.25, 0.3) is 0 Å². The molecule has 62 heavy (non-hydrogen) atoms. The number of fused-ring (bicyclic) bond motifs is 6. The lowest BCUT2D eigenvalue weighted by atomic mass is 9.61. The maximum atomic E-state index is 2.75. The lowest BCUT2D eigenvalue weighted by Gasteiger charge is -2.50. The average molecular weight is 809 g/mol. The van der Waals surface area contributed by atoms with Crippen molar-refractivity contribution in [1.29, 1.82) is 0 Å². The molecule has 4 aliphatic rings. The van der Waals surface area contributed by atoms with Crippen LogP contribution in [0.3, 0.4) is 0 Å². The van der Waals surface area contributed by atoms with Crippen LogP contribution < -0.4 is 9.80 Å². The quantitative estimate of drug-likeness (QED) is 0.163. The summed E-state index contributed by atoms with van der Waals surface area (Å²) in [7, 11) is 0. The summed E-state index contributed by atoms with van der Waals surface area (Å²) in [6.45, 7) is 19.8. The molecule has 310 valence electrons. The van der Waals surface area contributed by atoms with Gasteiger partial charge in [-0.05, 0) is 192 Å². The van der Waals surface area contributed by atoms with E-state index in [1.165, 1.54) is 162 Å². The third kappa shape index (κ3) is 4.66. The van der Waals surface area contributed by atoms with Crippen LogP contribution in [-0.4, -0.2) is 11.1 Å². The highest BCUT2D eigenvalue weighted by molar-refractivity contribution is 6.27. The zero-order valence-corrected chi connectivity index (χ0v) is 38.1. The number of hydrogen-bond acceptors (Lipinski definition) is 2. The first-order chi connectivity index (χ1) is 29.9. The zero-order valence-electron chi connectivity index (χ0n) is 38.1. The molecule has 4 atom stereocenters. The Hall–Kier alpha value is -5.60. The van der Waals surface area contributed by atoms with Gasteiger partial charge in [0.1, 0.15) is 0 Å². The second-order valence-corrected chi connectivity index (χ2v) is 20.8. The largest absolute Gasteiger partial charge is 0.334 e. The Morgan fingerprint density at radius 2 is 0.758 bits per heavy atom. The third-order valence-corrected chi connectivity index (χ3v) is 18.2. The topological polar surface area (TPSA) is 6.48 Å². The molecule has 0 radical (unpaired) electrons. The smallest absolute Gasteiger partial charge is 0.0518 e. The molecule has 0 saturated heterocycles. The zero-order chi connectivity index (χ0) is 42.5. The van der Waals surface area contributed by atoms with E-state index in [1.807, 2.05) is 0 Å². The predicted molar refractivity (Wildman–Crippen MR) is 266 cm³/mol. The fourth-order valence-electron chi connectivity index (χ4n) is 14.1. The summed E-state index contributed by atoms with van der Waals surface area (Å²) in [6, 6.07) is 47.0. The molecular formula is C60H60N2. The van der Waals surface area contributed by atoms with Gasteiger partial charge in [-0.25, -0.2) is 0 Å². The van der Waals surface area contributed by atoms with E-state index in [-0.39, 0.29) is 21.9 Å². The second kappa shape index (κ2) is 13.0.